The summed E-state index contributed by atoms with van der Waals surface area (Å²) in [5, 5.41) is 13.6. The zero-order valence-electron chi connectivity index (χ0n) is 9.81. The van der Waals surface area contributed by atoms with Gasteiger partial charge in [0.25, 0.3) is 0 Å². The van der Waals surface area contributed by atoms with E-state index < -0.39 is 5.60 Å². The van der Waals surface area contributed by atoms with Gasteiger partial charge in [0, 0.05) is 17.4 Å². The summed E-state index contributed by atoms with van der Waals surface area (Å²) < 4.78 is 1.17. The molecule has 1 atom stereocenters. The molecule has 2 rings (SSSR count). The molecule has 1 aromatic rings. The summed E-state index contributed by atoms with van der Waals surface area (Å²) in [5.74, 6) is 0. The molecule has 0 spiro atoms. The van der Waals surface area contributed by atoms with Crippen molar-refractivity contribution in [1.82, 2.24) is 5.32 Å². The summed E-state index contributed by atoms with van der Waals surface area (Å²) in [4.78, 5) is 0. The van der Waals surface area contributed by atoms with Crippen LogP contribution >= 0.6 is 15.9 Å². The molecule has 16 heavy (non-hydrogen) atoms. The van der Waals surface area contributed by atoms with E-state index in [1.165, 1.54) is 21.2 Å². The molecule has 88 valence electrons. The van der Waals surface area contributed by atoms with Crippen molar-refractivity contribution in [3.8, 4) is 0 Å². The van der Waals surface area contributed by atoms with Crippen LogP contribution in [0.5, 0.6) is 0 Å². The highest BCUT2D eigenvalue weighted by molar-refractivity contribution is 9.10. The van der Waals surface area contributed by atoms with E-state index in [1.807, 2.05) is 0 Å². The maximum Gasteiger partial charge on any atom is 0.0823 e. The lowest BCUT2D eigenvalue weighted by atomic mass is 9.91. The number of aryl methyl sites for hydroxylation is 1. The topological polar surface area (TPSA) is 32.3 Å². The van der Waals surface area contributed by atoms with Gasteiger partial charge >= 0.3 is 0 Å². The van der Waals surface area contributed by atoms with Crippen molar-refractivity contribution in [3.63, 3.8) is 0 Å². The first kappa shape index (κ1) is 12.1. The molecule has 0 amide bonds. The van der Waals surface area contributed by atoms with Gasteiger partial charge < -0.3 is 10.4 Å². The average molecular weight is 284 g/mol. The van der Waals surface area contributed by atoms with Crippen molar-refractivity contribution in [2.75, 3.05) is 13.1 Å². The van der Waals surface area contributed by atoms with Crippen molar-refractivity contribution in [2.45, 2.75) is 32.3 Å². The predicted octanol–water partition coefficient (Wildman–Crippen LogP) is 2.33. The van der Waals surface area contributed by atoms with E-state index in [1.54, 1.807) is 0 Å². The lowest BCUT2D eigenvalue weighted by Gasteiger charge is -2.23. The van der Waals surface area contributed by atoms with Crippen LogP contribution in [0.1, 0.15) is 23.1 Å². The number of benzene rings is 1. The summed E-state index contributed by atoms with van der Waals surface area (Å²) in [6.07, 6.45) is 1.59. The highest BCUT2D eigenvalue weighted by Crippen LogP contribution is 2.28. The summed E-state index contributed by atoms with van der Waals surface area (Å²) in [6.45, 7) is 5.82. The number of halogens is 1. The Morgan fingerprint density at radius 3 is 2.81 bits per heavy atom. The largest absolute Gasteiger partial charge is 0.388 e. The first-order chi connectivity index (χ1) is 7.52. The maximum absolute atomic E-state index is 10.4. The van der Waals surface area contributed by atoms with Crippen LogP contribution < -0.4 is 5.32 Å². The Bertz CT molecular complexity index is 397. The smallest absolute Gasteiger partial charge is 0.0823 e. The number of β-amino-alcohol motifs (C(OH)–C–C–N with tert-alkyl or cyclic N) is 1. The number of rotatable bonds is 2. The van der Waals surface area contributed by atoms with Crippen molar-refractivity contribution in [2.24, 2.45) is 0 Å². The van der Waals surface area contributed by atoms with E-state index >= 15 is 0 Å². The van der Waals surface area contributed by atoms with Crippen LogP contribution in [0, 0.1) is 13.8 Å². The fourth-order valence-corrected chi connectivity index (χ4v) is 2.67. The van der Waals surface area contributed by atoms with Crippen molar-refractivity contribution < 1.29 is 5.11 Å². The van der Waals surface area contributed by atoms with Crippen LogP contribution in [0.4, 0.5) is 0 Å². The van der Waals surface area contributed by atoms with Gasteiger partial charge in [-0.25, -0.2) is 0 Å². The third-order valence-electron chi connectivity index (χ3n) is 3.43. The van der Waals surface area contributed by atoms with Gasteiger partial charge in [-0.2, -0.15) is 0 Å². The standard InChI is InChI=1S/C13H18BrNO/c1-9-3-4-11(10(2)12(9)14)7-13(16)5-6-15-8-13/h3-4,15-16H,5-8H2,1-2H3. The number of aliphatic hydroxyl groups is 1. The molecule has 0 bridgehead atoms. The Morgan fingerprint density at radius 1 is 1.44 bits per heavy atom. The lowest BCUT2D eigenvalue weighted by molar-refractivity contribution is 0.0617. The highest BCUT2D eigenvalue weighted by Gasteiger charge is 2.31. The molecule has 1 saturated heterocycles. The Labute approximate surface area is 105 Å². The zero-order valence-corrected chi connectivity index (χ0v) is 11.4. The summed E-state index contributed by atoms with van der Waals surface area (Å²) in [7, 11) is 0. The van der Waals surface area contributed by atoms with Crippen molar-refractivity contribution in [3.05, 3.63) is 33.3 Å². The lowest BCUT2D eigenvalue weighted by Crippen LogP contribution is -2.34. The molecule has 1 heterocycles. The minimum Gasteiger partial charge on any atom is -0.388 e. The number of hydrogen-bond acceptors (Lipinski definition) is 2. The first-order valence-corrected chi connectivity index (χ1v) is 6.49. The second-order valence-electron chi connectivity index (χ2n) is 4.81. The van der Waals surface area contributed by atoms with E-state index in [0.29, 0.717) is 6.54 Å². The Kier molecular flexibility index (Phi) is 3.38. The fourth-order valence-electron chi connectivity index (χ4n) is 2.29. The average Bonchev–Trinajstić information content (AvgIpc) is 2.67. The van der Waals surface area contributed by atoms with Crippen LogP contribution in [0.3, 0.4) is 0 Å². The van der Waals surface area contributed by atoms with Gasteiger partial charge in [0.05, 0.1) is 5.60 Å². The molecule has 3 heteroatoms. The van der Waals surface area contributed by atoms with Gasteiger partial charge in [-0.1, -0.05) is 28.1 Å². The Balaban J connectivity index is 2.25. The normalized spacial score (nSPS) is 25.0. The molecule has 0 aliphatic carbocycles. The molecule has 1 fully saturated rings. The maximum atomic E-state index is 10.4. The Morgan fingerprint density at radius 2 is 2.19 bits per heavy atom. The van der Waals surface area contributed by atoms with Crippen molar-refractivity contribution >= 4 is 15.9 Å². The summed E-state index contributed by atoms with van der Waals surface area (Å²) in [6, 6.07) is 4.24. The van der Waals surface area contributed by atoms with Crippen LogP contribution in [-0.4, -0.2) is 23.8 Å². The molecule has 0 radical (unpaired) electrons. The zero-order chi connectivity index (χ0) is 11.8. The summed E-state index contributed by atoms with van der Waals surface area (Å²) in [5.41, 5.74) is 3.18. The highest BCUT2D eigenvalue weighted by atomic mass is 79.9. The van der Waals surface area contributed by atoms with E-state index in [9.17, 15) is 5.11 Å². The van der Waals surface area contributed by atoms with Crippen LogP contribution in [-0.2, 0) is 6.42 Å². The monoisotopic (exact) mass is 283 g/mol. The Hall–Kier alpha value is -0.380. The van der Waals surface area contributed by atoms with E-state index in [4.69, 9.17) is 0 Å². The molecule has 2 N–H and O–H groups in total. The number of hydrogen-bond donors (Lipinski definition) is 2. The van der Waals surface area contributed by atoms with Gasteiger partial charge in [0.2, 0.25) is 0 Å². The molecule has 1 unspecified atom stereocenters. The third-order valence-corrected chi connectivity index (χ3v) is 4.65. The molecular formula is C13H18BrNO. The fraction of sp³-hybridized carbons (Fsp3) is 0.538. The number of nitrogens with one attached hydrogen (secondary N) is 1. The molecule has 0 aromatic heterocycles. The summed E-state index contributed by atoms with van der Waals surface area (Å²) >= 11 is 3.60. The van der Waals surface area contributed by atoms with Crippen LogP contribution in [0.2, 0.25) is 0 Å². The molecule has 1 aromatic carbocycles. The van der Waals surface area contributed by atoms with Crippen LogP contribution in [0.25, 0.3) is 0 Å². The second kappa shape index (κ2) is 4.47. The predicted molar refractivity (Wildman–Crippen MR) is 69.8 cm³/mol. The van der Waals surface area contributed by atoms with Crippen LogP contribution in [0.15, 0.2) is 16.6 Å². The van der Waals surface area contributed by atoms with E-state index in [2.05, 4.69) is 47.2 Å². The van der Waals surface area contributed by atoms with Crippen molar-refractivity contribution in [1.29, 1.82) is 0 Å². The SMILES string of the molecule is Cc1ccc(CC2(O)CCNC2)c(C)c1Br. The van der Waals surface area contributed by atoms with Gasteiger partial charge in [-0.15, -0.1) is 0 Å². The minimum atomic E-state index is -0.556. The molecule has 0 saturated carbocycles. The first-order valence-electron chi connectivity index (χ1n) is 5.69. The molecule has 1 aliphatic rings. The quantitative estimate of drug-likeness (QED) is 0.873. The van der Waals surface area contributed by atoms with Gasteiger partial charge in [0.1, 0.15) is 0 Å². The molecule has 1 aliphatic heterocycles. The third kappa shape index (κ3) is 2.31. The second-order valence-corrected chi connectivity index (χ2v) is 5.60. The van der Waals surface area contributed by atoms with Gasteiger partial charge in [0.15, 0.2) is 0 Å². The van der Waals surface area contributed by atoms with Gasteiger partial charge in [-0.05, 0) is 43.5 Å². The minimum absolute atomic E-state index is 0.556. The van der Waals surface area contributed by atoms with E-state index in [0.717, 1.165) is 19.4 Å². The van der Waals surface area contributed by atoms with E-state index in [-0.39, 0.29) is 0 Å². The molecular weight excluding hydrogens is 266 g/mol. The molecule has 2 nitrogen and oxygen atoms in total. The van der Waals surface area contributed by atoms with Gasteiger partial charge in [-0.3, -0.25) is 0 Å².